The summed E-state index contributed by atoms with van der Waals surface area (Å²) in [7, 11) is 0. The summed E-state index contributed by atoms with van der Waals surface area (Å²) in [6.45, 7) is 0. The van der Waals surface area contributed by atoms with Gasteiger partial charge in [0.1, 0.15) is 0 Å². The molecule has 3 saturated carbocycles. The van der Waals surface area contributed by atoms with E-state index in [0.29, 0.717) is 51.4 Å². The Labute approximate surface area is 688 Å². The average molecular weight is 2330 g/mol. The average Bonchev–Trinajstić information content (AvgIpc) is 2.85. The maximum Gasteiger partial charge on any atom is 0.155 e. The van der Waals surface area contributed by atoms with Gasteiger partial charge in [-0.25, -0.2) is 0 Å². The molecule has 0 amide bonds. The first-order chi connectivity index (χ1) is 18.5. The van der Waals surface area contributed by atoms with Crippen molar-refractivity contribution in [2.75, 3.05) is 0 Å². The van der Waals surface area contributed by atoms with Gasteiger partial charge in [0.25, 0.3) is 0 Å². The van der Waals surface area contributed by atoms with Crippen LogP contribution in [0.2, 0.25) is 0 Å². The van der Waals surface area contributed by atoms with Gasteiger partial charge in [0.2, 0.25) is 0 Å². The molecular formula is C24H68Br4O24Pr9. The number of alkyl halides is 4. The molecule has 0 aromatic carbocycles. The number of rotatable bonds is 6. The normalized spacial score (nSPS) is 24.3. The zero-order chi connectivity index (χ0) is 30.9. The topological polar surface area (TPSA) is 621 Å². The molecule has 0 spiro atoms. The van der Waals surface area contributed by atoms with Gasteiger partial charge in [-0.05, 0) is 51.4 Å². The van der Waals surface area contributed by atoms with Gasteiger partial charge >= 0.3 is 0 Å². The molecule has 61 heavy (non-hydrogen) atoms. The van der Waals surface area contributed by atoms with Crippen LogP contribution >= 0.6 is 63.7 Å². The second-order valence-electron chi connectivity index (χ2n) is 10.8. The minimum atomic E-state index is -1.36. The van der Waals surface area contributed by atoms with Crippen molar-refractivity contribution in [1.29, 1.82) is 0 Å². The SMILES string of the molecule is O.O.O.O.O.O.O.O.O.O.O.O.OC(O)C1CC(Br)C(C(O)O)CC1Br.OC(O)C1CCC(C(O)O)C(Br)C1.OC(O)C1CCC(C(O)O)C(Br)C1.[Pr].[Pr].[Pr].[Pr].[Pr].[Pr].[Pr].[Pr].[Pr]. The molecule has 3 aliphatic carbocycles. The van der Waals surface area contributed by atoms with Gasteiger partial charge < -0.3 is 127 Å². The van der Waals surface area contributed by atoms with Gasteiger partial charge in [-0.2, -0.15) is 0 Å². The van der Waals surface area contributed by atoms with Crippen LogP contribution in [-0.4, -0.2) is 184 Å². The molecule has 37 heteroatoms. The van der Waals surface area contributed by atoms with Gasteiger partial charge in [0.05, 0.1) is 0 Å². The third kappa shape index (κ3) is 59.2. The van der Waals surface area contributed by atoms with Crippen LogP contribution in [0.15, 0.2) is 0 Å². The Morgan fingerprint density at radius 2 is 0.410 bits per heavy atom. The van der Waals surface area contributed by atoms with Crippen LogP contribution in [0.4, 0.5) is 0 Å². The second-order valence-corrected chi connectivity index (χ2v) is 15.5. The van der Waals surface area contributed by atoms with Gasteiger partial charge in [0.15, 0.2) is 37.7 Å². The molecule has 36 N–H and O–H groups in total. The molecule has 0 aromatic heterocycles. The molecule has 0 bridgehead atoms. The predicted molar refractivity (Wildman–Crippen MR) is 201 cm³/mol. The van der Waals surface area contributed by atoms with Crippen LogP contribution in [-0.2, 0) is 0 Å². The van der Waals surface area contributed by atoms with E-state index < -0.39 is 37.7 Å². The molecule has 0 aliphatic heterocycles. The van der Waals surface area contributed by atoms with E-state index in [1.165, 1.54) is 0 Å². The monoisotopic (exact) mass is 2320 g/mol. The van der Waals surface area contributed by atoms with Gasteiger partial charge in [-0.3, -0.25) is 0 Å². The van der Waals surface area contributed by atoms with Crippen molar-refractivity contribution in [1.82, 2.24) is 0 Å². The molecule has 0 saturated heterocycles. The van der Waals surface area contributed by atoms with E-state index in [4.69, 9.17) is 61.3 Å². The Hall–Kier alpha value is 13.2. The molecule has 363 valence electrons. The minimum Gasteiger partial charge on any atom is -0.412 e. The maximum absolute atomic E-state index is 9.07. The Balaban J connectivity index is -0.0000000177. The van der Waals surface area contributed by atoms with Crippen molar-refractivity contribution >= 4 is 63.7 Å². The van der Waals surface area contributed by atoms with E-state index in [2.05, 4.69) is 63.7 Å². The minimum absolute atomic E-state index is 0. The fraction of sp³-hybridized carbons (Fsp3) is 1.00. The summed E-state index contributed by atoms with van der Waals surface area (Å²) in [5.74, 6) is -1.24. The Bertz CT molecular complexity index is 688. The number of halogens is 4. The smallest absolute Gasteiger partial charge is 0.155 e. The first kappa shape index (κ1) is 140. The zero-order valence-electron chi connectivity index (χ0n) is 33.0. The van der Waals surface area contributed by atoms with Crippen LogP contribution in [0, 0.1) is 407 Å². The van der Waals surface area contributed by atoms with Gasteiger partial charge in [0, 0.05) is 426 Å². The summed E-state index contributed by atoms with van der Waals surface area (Å²) in [5, 5.41) is 108. The van der Waals surface area contributed by atoms with E-state index in [-0.39, 0.29) is 492 Å². The molecular weight excluding hydrogens is 2260 g/mol. The number of hydrogen-bond donors (Lipinski definition) is 12. The third-order valence-electron chi connectivity index (χ3n) is 8.03. The molecule has 3 aliphatic rings. The Morgan fingerprint density at radius 3 is 0.541 bits per heavy atom. The summed E-state index contributed by atoms with van der Waals surface area (Å²) in [6.07, 6.45) is -3.33. The summed E-state index contributed by atoms with van der Waals surface area (Å²) >= 11 is 13.3. The quantitative estimate of drug-likeness (QED) is 0.0872. The first-order valence-corrected chi connectivity index (χ1v) is 16.9. The van der Waals surface area contributed by atoms with E-state index >= 15 is 0 Å². The van der Waals surface area contributed by atoms with E-state index in [9.17, 15) is 0 Å². The van der Waals surface area contributed by atoms with Crippen LogP contribution in [0.5, 0.6) is 0 Å². The number of hydrogen-bond acceptors (Lipinski definition) is 12. The zero-order valence-corrected chi connectivity index (χ0v) is 72.7. The molecule has 0 aromatic rings. The Morgan fingerprint density at radius 1 is 0.246 bits per heavy atom. The fourth-order valence-corrected chi connectivity index (χ4v) is 9.21. The largest absolute Gasteiger partial charge is 0.412 e. The van der Waals surface area contributed by atoms with Crippen LogP contribution in [0.1, 0.15) is 51.4 Å². The van der Waals surface area contributed by atoms with Crippen LogP contribution in [0.3, 0.4) is 0 Å². The maximum atomic E-state index is 9.07. The summed E-state index contributed by atoms with van der Waals surface area (Å²) in [5.41, 5.74) is 0. The Kier molecular flexibility index (Phi) is 184. The molecule has 10 atom stereocenters. The van der Waals surface area contributed by atoms with Crippen molar-refractivity contribution in [2.45, 2.75) is 108 Å². The van der Waals surface area contributed by atoms with Gasteiger partial charge in [-0.1, -0.05) is 63.7 Å². The van der Waals surface area contributed by atoms with E-state index in [1.54, 1.807) is 0 Å². The van der Waals surface area contributed by atoms with E-state index in [1.807, 2.05) is 0 Å². The fourth-order valence-electron chi connectivity index (χ4n) is 5.33. The molecule has 9 radical (unpaired) electrons. The molecule has 3 fully saturated rings. The van der Waals surface area contributed by atoms with Crippen LogP contribution in [0.25, 0.3) is 0 Å². The summed E-state index contributed by atoms with van der Waals surface area (Å²) in [4.78, 5) is -0.285. The van der Waals surface area contributed by atoms with Gasteiger partial charge in [-0.15, -0.1) is 0 Å². The third-order valence-corrected chi connectivity index (χ3v) is 12.2. The van der Waals surface area contributed by atoms with Crippen molar-refractivity contribution in [3.05, 3.63) is 0 Å². The standard InChI is InChI=1S/C8H14Br2O4.2C8H15BrO4.12H2O.9Pr/c9-5-1-3(7(11)12)6(10)2-4(5)8(13)14;2*9-6-3-4(7(10)11)1-2-5(6)8(12)13;;;;;;;;;;;;;;;;;;;;;/h3-8,11-14H,1-2H2;2*4-8,10-13H,1-3H2;12*1H2;;;;;;;;;. The van der Waals surface area contributed by atoms with Crippen molar-refractivity contribution in [3.8, 4) is 0 Å². The summed E-state index contributed by atoms with van der Waals surface area (Å²) in [6, 6.07) is 0. The molecule has 24 nitrogen and oxygen atoms in total. The number of aliphatic hydroxyl groups is 12. The first-order valence-electron chi connectivity index (χ1n) is 13.2. The van der Waals surface area contributed by atoms with Crippen molar-refractivity contribution in [3.63, 3.8) is 0 Å². The summed E-state index contributed by atoms with van der Waals surface area (Å²) < 4.78 is 0. The molecule has 0 heterocycles. The van der Waals surface area contributed by atoms with Crippen molar-refractivity contribution in [2.24, 2.45) is 35.5 Å². The van der Waals surface area contributed by atoms with Crippen LogP contribution < -0.4 is 0 Å². The second kappa shape index (κ2) is 79.7. The predicted octanol–water partition coefficient (Wildman–Crippen LogP) is -10.2. The molecule has 3 rings (SSSR count). The molecule has 10 unspecified atom stereocenters. The van der Waals surface area contributed by atoms with E-state index in [0.717, 1.165) is 0 Å². The van der Waals surface area contributed by atoms with Crippen molar-refractivity contribution < 1.29 is 499 Å². The number of aliphatic hydroxyl groups excluding tert-OH is 6.